The summed E-state index contributed by atoms with van der Waals surface area (Å²) in [6, 6.07) is 11.7. The molecule has 9 nitrogen and oxygen atoms in total. The molecule has 0 N–H and O–H groups in total. The smallest absolute Gasteiger partial charge is 0.368 e. The van der Waals surface area contributed by atoms with Crippen molar-refractivity contribution in [3.63, 3.8) is 0 Å². The number of rotatable bonds is 7. The molecule has 9 heteroatoms. The maximum atomic E-state index is 12.4. The van der Waals surface area contributed by atoms with E-state index >= 15 is 0 Å². The monoisotopic (exact) mass is 448 g/mol. The van der Waals surface area contributed by atoms with Gasteiger partial charge < -0.3 is 9.47 Å². The molecule has 0 spiro atoms. The standard InChI is InChI=1S/C24H28N6O3/c1-7-32-23-17(4)22(25-28(23)5)18-11-12-21(16(3)13-18)33-14-19-15(2)9-8-10-20(19)30-24(31)29(6)26-27-30/h8-13H,7,14H2,1-6H3. The topological polar surface area (TPSA) is 89.0 Å². The van der Waals surface area contributed by atoms with Crippen LogP contribution in [0, 0.1) is 20.8 Å². The number of nitrogens with zero attached hydrogens (tertiary/aromatic N) is 6. The minimum Gasteiger partial charge on any atom is -0.489 e. The van der Waals surface area contributed by atoms with E-state index in [0.717, 1.165) is 45.1 Å². The van der Waals surface area contributed by atoms with E-state index in [1.165, 1.54) is 9.36 Å². The molecule has 0 aliphatic heterocycles. The lowest BCUT2D eigenvalue weighted by Gasteiger charge is -2.14. The van der Waals surface area contributed by atoms with Crippen LogP contribution in [0.5, 0.6) is 11.6 Å². The summed E-state index contributed by atoms with van der Waals surface area (Å²) < 4.78 is 16.2. The molecule has 0 fully saturated rings. The van der Waals surface area contributed by atoms with E-state index in [9.17, 15) is 4.79 Å². The summed E-state index contributed by atoms with van der Waals surface area (Å²) in [5.74, 6) is 1.54. The largest absolute Gasteiger partial charge is 0.489 e. The van der Waals surface area contributed by atoms with Crippen LogP contribution in [0.25, 0.3) is 16.9 Å². The molecule has 0 saturated carbocycles. The van der Waals surface area contributed by atoms with Gasteiger partial charge in [0.2, 0.25) is 5.88 Å². The molecule has 0 unspecified atom stereocenters. The third-order valence-corrected chi connectivity index (χ3v) is 5.66. The van der Waals surface area contributed by atoms with Crippen molar-refractivity contribution in [1.29, 1.82) is 0 Å². The molecule has 172 valence electrons. The van der Waals surface area contributed by atoms with Crippen LogP contribution < -0.4 is 15.2 Å². The molecule has 2 heterocycles. The minimum atomic E-state index is -0.306. The van der Waals surface area contributed by atoms with Gasteiger partial charge >= 0.3 is 5.69 Å². The van der Waals surface area contributed by atoms with Gasteiger partial charge in [-0.15, -0.1) is 0 Å². The first-order chi connectivity index (χ1) is 15.8. The Balaban J connectivity index is 1.61. The van der Waals surface area contributed by atoms with Crippen molar-refractivity contribution < 1.29 is 9.47 Å². The number of aromatic nitrogens is 6. The predicted molar refractivity (Wildman–Crippen MR) is 125 cm³/mol. The van der Waals surface area contributed by atoms with Gasteiger partial charge in [-0.05, 0) is 73.5 Å². The van der Waals surface area contributed by atoms with Crippen molar-refractivity contribution in [2.75, 3.05) is 6.61 Å². The number of ether oxygens (including phenoxy) is 2. The fourth-order valence-electron chi connectivity index (χ4n) is 3.87. The van der Waals surface area contributed by atoms with Crippen molar-refractivity contribution in [1.82, 2.24) is 29.6 Å². The van der Waals surface area contributed by atoms with Crippen molar-refractivity contribution >= 4 is 0 Å². The van der Waals surface area contributed by atoms with E-state index in [0.29, 0.717) is 18.9 Å². The summed E-state index contributed by atoms with van der Waals surface area (Å²) in [6.07, 6.45) is 0. The summed E-state index contributed by atoms with van der Waals surface area (Å²) in [7, 11) is 3.46. The quantitative estimate of drug-likeness (QED) is 0.431. The fraction of sp³-hybridized carbons (Fsp3) is 0.333. The predicted octanol–water partition coefficient (Wildman–Crippen LogP) is 3.27. The highest BCUT2D eigenvalue weighted by molar-refractivity contribution is 5.67. The maximum Gasteiger partial charge on any atom is 0.368 e. The van der Waals surface area contributed by atoms with Crippen LogP contribution in [-0.4, -0.2) is 36.2 Å². The SMILES string of the molecule is CCOc1c(C)c(-c2ccc(OCc3c(C)cccc3-n3nnn(C)c3=O)c(C)c2)nn1C. The Morgan fingerprint density at radius 2 is 1.73 bits per heavy atom. The number of benzene rings is 2. The van der Waals surface area contributed by atoms with Gasteiger partial charge in [0.1, 0.15) is 12.4 Å². The van der Waals surface area contributed by atoms with Gasteiger partial charge in [0.15, 0.2) is 0 Å². The van der Waals surface area contributed by atoms with Gasteiger partial charge in [0.05, 0.1) is 18.0 Å². The first-order valence-electron chi connectivity index (χ1n) is 10.8. The second-order valence-electron chi connectivity index (χ2n) is 7.97. The molecule has 4 rings (SSSR count). The van der Waals surface area contributed by atoms with E-state index in [4.69, 9.17) is 9.47 Å². The summed E-state index contributed by atoms with van der Waals surface area (Å²) >= 11 is 0. The van der Waals surface area contributed by atoms with Crippen LogP contribution in [0.15, 0.2) is 41.2 Å². The minimum absolute atomic E-state index is 0.294. The van der Waals surface area contributed by atoms with E-state index in [1.807, 2.05) is 65.1 Å². The molecular weight excluding hydrogens is 420 g/mol. The van der Waals surface area contributed by atoms with Crippen LogP contribution in [0.3, 0.4) is 0 Å². The molecule has 0 aliphatic carbocycles. The Bertz CT molecular complexity index is 1370. The lowest BCUT2D eigenvalue weighted by molar-refractivity contribution is 0.302. The van der Waals surface area contributed by atoms with E-state index < -0.39 is 0 Å². The molecule has 4 aromatic rings. The van der Waals surface area contributed by atoms with Crippen LogP contribution >= 0.6 is 0 Å². The zero-order valence-corrected chi connectivity index (χ0v) is 19.8. The Morgan fingerprint density at radius 1 is 0.939 bits per heavy atom. The first-order valence-corrected chi connectivity index (χ1v) is 10.8. The molecule has 33 heavy (non-hydrogen) atoms. The summed E-state index contributed by atoms with van der Waals surface area (Å²) in [5.41, 5.74) is 6.13. The second kappa shape index (κ2) is 8.93. The fourth-order valence-corrected chi connectivity index (χ4v) is 3.87. The number of hydrogen-bond donors (Lipinski definition) is 0. The van der Waals surface area contributed by atoms with Crippen molar-refractivity contribution in [2.45, 2.75) is 34.3 Å². The van der Waals surface area contributed by atoms with Crippen molar-refractivity contribution in [2.24, 2.45) is 14.1 Å². The molecule has 0 atom stereocenters. The van der Waals surface area contributed by atoms with E-state index in [2.05, 4.69) is 21.6 Å². The highest BCUT2D eigenvalue weighted by Gasteiger charge is 2.17. The average molecular weight is 449 g/mol. The zero-order valence-electron chi connectivity index (χ0n) is 19.8. The van der Waals surface area contributed by atoms with Crippen LogP contribution in [-0.2, 0) is 20.7 Å². The van der Waals surface area contributed by atoms with E-state index in [1.54, 1.807) is 11.7 Å². The number of tetrazole rings is 1. The number of aryl methyl sites for hydroxylation is 4. The lowest BCUT2D eigenvalue weighted by Crippen LogP contribution is -2.23. The molecule has 2 aromatic heterocycles. The molecule has 2 aromatic carbocycles. The van der Waals surface area contributed by atoms with Crippen LogP contribution in [0.1, 0.15) is 29.2 Å². The summed E-state index contributed by atoms with van der Waals surface area (Å²) in [4.78, 5) is 12.4. The van der Waals surface area contributed by atoms with Gasteiger partial charge in [-0.25, -0.2) is 9.48 Å². The summed E-state index contributed by atoms with van der Waals surface area (Å²) in [5, 5.41) is 12.4. The van der Waals surface area contributed by atoms with E-state index in [-0.39, 0.29) is 5.69 Å². The zero-order chi connectivity index (χ0) is 23.7. The molecule has 0 saturated heterocycles. The molecular formula is C24H28N6O3. The molecule has 0 amide bonds. The maximum absolute atomic E-state index is 12.4. The Morgan fingerprint density at radius 3 is 2.39 bits per heavy atom. The highest BCUT2D eigenvalue weighted by Crippen LogP contribution is 2.32. The van der Waals surface area contributed by atoms with Crippen LogP contribution in [0.4, 0.5) is 0 Å². The molecule has 0 bridgehead atoms. The van der Waals surface area contributed by atoms with Gasteiger partial charge in [-0.1, -0.05) is 12.1 Å². The Labute approximate surface area is 192 Å². The molecule has 0 aliphatic rings. The van der Waals surface area contributed by atoms with Gasteiger partial charge in [0.25, 0.3) is 0 Å². The third kappa shape index (κ3) is 4.13. The summed E-state index contributed by atoms with van der Waals surface area (Å²) in [6.45, 7) is 8.85. The van der Waals surface area contributed by atoms with Gasteiger partial charge in [-0.2, -0.15) is 14.5 Å². The third-order valence-electron chi connectivity index (χ3n) is 5.66. The second-order valence-corrected chi connectivity index (χ2v) is 7.97. The van der Waals surface area contributed by atoms with Crippen molar-refractivity contribution in [3.05, 3.63) is 69.1 Å². The Hall–Kier alpha value is -3.88. The molecule has 0 radical (unpaired) electrons. The van der Waals surface area contributed by atoms with Crippen molar-refractivity contribution in [3.8, 4) is 28.6 Å². The van der Waals surface area contributed by atoms with Gasteiger partial charge in [0, 0.05) is 30.8 Å². The lowest BCUT2D eigenvalue weighted by atomic mass is 10.0. The number of hydrogen-bond acceptors (Lipinski definition) is 6. The first kappa shape index (κ1) is 22.3. The highest BCUT2D eigenvalue weighted by atomic mass is 16.5. The normalized spacial score (nSPS) is 11.1. The Kier molecular flexibility index (Phi) is 6.04. The van der Waals surface area contributed by atoms with Crippen LogP contribution in [0.2, 0.25) is 0 Å². The average Bonchev–Trinajstić information content (AvgIpc) is 3.27. The van der Waals surface area contributed by atoms with Gasteiger partial charge in [-0.3, -0.25) is 0 Å².